The van der Waals surface area contributed by atoms with Crippen LogP contribution in [0.3, 0.4) is 0 Å². The molecule has 4 rings (SSSR count). The van der Waals surface area contributed by atoms with E-state index >= 15 is 0 Å². The predicted octanol–water partition coefficient (Wildman–Crippen LogP) is 4.82. The highest BCUT2D eigenvalue weighted by Crippen LogP contribution is 2.20. The van der Waals surface area contributed by atoms with Crippen molar-refractivity contribution in [3.8, 4) is 11.4 Å². The van der Waals surface area contributed by atoms with Crippen LogP contribution in [0.2, 0.25) is 0 Å². The van der Waals surface area contributed by atoms with E-state index in [1.807, 2.05) is 42.5 Å². The number of aromatic nitrogens is 4. The Hall–Kier alpha value is -3.16. The van der Waals surface area contributed by atoms with Crippen LogP contribution < -0.4 is 10.1 Å². The van der Waals surface area contributed by atoms with Gasteiger partial charge in [-0.15, -0.1) is 5.10 Å². The van der Waals surface area contributed by atoms with E-state index in [9.17, 15) is 0 Å². The van der Waals surface area contributed by atoms with Crippen LogP contribution in [0.5, 0.6) is 5.75 Å². The molecule has 7 heteroatoms. The minimum Gasteiger partial charge on any atom is -0.489 e. The van der Waals surface area contributed by atoms with Gasteiger partial charge in [-0.2, -0.15) is 4.68 Å². The summed E-state index contributed by atoms with van der Waals surface area (Å²) in [6, 6.07) is 26.6. The van der Waals surface area contributed by atoms with Crippen molar-refractivity contribution < 1.29 is 4.74 Å². The SMILES string of the molecule is Cc1cccc(COc2ccccc2CNCCCSc2nnnn2-c2ccccc2)c1. The van der Waals surface area contributed by atoms with Crippen molar-refractivity contribution in [2.24, 2.45) is 0 Å². The van der Waals surface area contributed by atoms with Crippen LogP contribution >= 0.6 is 11.8 Å². The summed E-state index contributed by atoms with van der Waals surface area (Å²) in [5.74, 6) is 1.86. The molecule has 0 aliphatic heterocycles. The molecule has 0 bridgehead atoms. The molecule has 0 fully saturated rings. The standard InChI is InChI=1S/C25H27N5OS/c1-20-9-7-10-21(17-20)19-31-24-14-6-5-11-22(24)18-26-15-8-16-32-25-27-28-29-30(25)23-12-3-2-4-13-23/h2-7,9-14,17,26H,8,15-16,18-19H2,1H3. The second kappa shape index (κ2) is 11.5. The average Bonchev–Trinajstić information content (AvgIpc) is 3.30. The highest BCUT2D eigenvalue weighted by molar-refractivity contribution is 7.99. The monoisotopic (exact) mass is 445 g/mol. The summed E-state index contributed by atoms with van der Waals surface area (Å²) in [6.07, 6.45) is 1.01. The number of ether oxygens (including phenoxy) is 1. The van der Waals surface area contributed by atoms with Gasteiger partial charge in [-0.05, 0) is 54.1 Å². The third kappa shape index (κ3) is 6.18. The zero-order chi connectivity index (χ0) is 22.0. The summed E-state index contributed by atoms with van der Waals surface area (Å²) in [6.45, 7) is 4.36. The summed E-state index contributed by atoms with van der Waals surface area (Å²) in [5, 5.41) is 16.4. The van der Waals surface area contributed by atoms with Crippen LogP contribution in [0, 0.1) is 6.92 Å². The first kappa shape index (κ1) is 22.0. The Morgan fingerprint density at radius 1 is 0.969 bits per heavy atom. The third-order valence-corrected chi connectivity index (χ3v) is 5.94. The molecule has 1 heterocycles. The van der Waals surface area contributed by atoms with Crippen molar-refractivity contribution in [2.75, 3.05) is 12.3 Å². The normalized spacial score (nSPS) is 10.9. The molecular formula is C25H27N5OS. The van der Waals surface area contributed by atoms with Gasteiger partial charge in [0.2, 0.25) is 5.16 Å². The molecular weight excluding hydrogens is 418 g/mol. The molecule has 32 heavy (non-hydrogen) atoms. The Bertz CT molecular complexity index is 1120. The highest BCUT2D eigenvalue weighted by Gasteiger charge is 2.08. The summed E-state index contributed by atoms with van der Waals surface area (Å²) in [7, 11) is 0. The van der Waals surface area contributed by atoms with Gasteiger partial charge in [0.15, 0.2) is 0 Å². The summed E-state index contributed by atoms with van der Waals surface area (Å²) in [4.78, 5) is 0. The van der Waals surface area contributed by atoms with Gasteiger partial charge in [-0.25, -0.2) is 0 Å². The number of nitrogens with zero attached hydrogens (tertiary/aromatic N) is 4. The fourth-order valence-electron chi connectivity index (χ4n) is 3.34. The highest BCUT2D eigenvalue weighted by atomic mass is 32.2. The maximum Gasteiger partial charge on any atom is 0.214 e. The quantitative estimate of drug-likeness (QED) is 0.264. The van der Waals surface area contributed by atoms with E-state index in [4.69, 9.17) is 4.74 Å². The number of thioether (sulfide) groups is 1. The molecule has 0 unspecified atom stereocenters. The number of nitrogens with one attached hydrogen (secondary N) is 1. The molecule has 0 atom stereocenters. The number of aryl methyl sites for hydroxylation is 1. The first-order valence-electron chi connectivity index (χ1n) is 10.7. The smallest absolute Gasteiger partial charge is 0.214 e. The van der Waals surface area contributed by atoms with Crippen molar-refractivity contribution in [1.29, 1.82) is 0 Å². The molecule has 0 aliphatic rings. The number of hydrogen-bond donors (Lipinski definition) is 1. The molecule has 6 nitrogen and oxygen atoms in total. The zero-order valence-corrected chi connectivity index (χ0v) is 19.0. The van der Waals surface area contributed by atoms with E-state index in [0.717, 1.165) is 41.9 Å². The molecule has 1 N–H and O–H groups in total. The predicted molar refractivity (Wildman–Crippen MR) is 128 cm³/mol. The van der Waals surface area contributed by atoms with E-state index in [-0.39, 0.29) is 0 Å². The second-order valence-corrected chi connectivity index (χ2v) is 8.54. The largest absolute Gasteiger partial charge is 0.489 e. The molecule has 0 aliphatic carbocycles. The van der Waals surface area contributed by atoms with Crippen molar-refractivity contribution in [3.63, 3.8) is 0 Å². The number of rotatable bonds is 11. The lowest BCUT2D eigenvalue weighted by atomic mass is 10.1. The van der Waals surface area contributed by atoms with Crippen LogP contribution in [0.1, 0.15) is 23.1 Å². The zero-order valence-electron chi connectivity index (χ0n) is 18.1. The first-order valence-corrected chi connectivity index (χ1v) is 11.7. The Labute approximate surface area is 193 Å². The maximum absolute atomic E-state index is 6.09. The van der Waals surface area contributed by atoms with Gasteiger partial charge < -0.3 is 10.1 Å². The van der Waals surface area contributed by atoms with Gasteiger partial charge in [0.05, 0.1) is 5.69 Å². The minimum absolute atomic E-state index is 0.575. The van der Waals surface area contributed by atoms with E-state index in [1.54, 1.807) is 16.4 Å². The average molecular weight is 446 g/mol. The lowest BCUT2D eigenvalue weighted by Gasteiger charge is -2.12. The van der Waals surface area contributed by atoms with Crippen LogP contribution in [0.15, 0.2) is 84.0 Å². The first-order chi connectivity index (χ1) is 15.8. The number of hydrogen-bond acceptors (Lipinski definition) is 6. The van der Waals surface area contributed by atoms with Gasteiger partial charge in [0, 0.05) is 17.9 Å². The Morgan fingerprint density at radius 2 is 1.81 bits per heavy atom. The van der Waals surface area contributed by atoms with Crippen LogP contribution in [0.4, 0.5) is 0 Å². The fourth-order valence-corrected chi connectivity index (χ4v) is 4.17. The van der Waals surface area contributed by atoms with Crippen molar-refractivity contribution in [3.05, 3.63) is 95.6 Å². The van der Waals surface area contributed by atoms with E-state index in [2.05, 4.69) is 64.2 Å². The van der Waals surface area contributed by atoms with Crippen LogP contribution in [0.25, 0.3) is 5.69 Å². The molecule has 0 saturated heterocycles. The van der Waals surface area contributed by atoms with E-state index in [1.165, 1.54) is 16.7 Å². The van der Waals surface area contributed by atoms with Gasteiger partial charge in [0.25, 0.3) is 0 Å². The van der Waals surface area contributed by atoms with Gasteiger partial charge in [-0.1, -0.05) is 78.0 Å². The Kier molecular flexibility index (Phi) is 7.89. The van der Waals surface area contributed by atoms with Crippen molar-refractivity contribution >= 4 is 11.8 Å². The molecule has 0 radical (unpaired) electrons. The Balaban J connectivity index is 1.21. The molecule has 4 aromatic rings. The minimum atomic E-state index is 0.575. The lowest BCUT2D eigenvalue weighted by Crippen LogP contribution is -2.16. The van der Waals surface area contributed by atoms with Crippen molar-refractivity contribution in [1.82, 2.24) is 25.5 Å². The van der Waals surface area contributed by atoms with Crippen molar-refractivity contribution in [2.45, 2.75) is 31.7 Å². The third-order valence-electron chi connectivity index (χ3n) is 4.94. The molecule has 0 spiro atoms. The summed E-state index contributed by atoms with van der Waals surface area (Å²) in [5.41, 5.74) is 4.57. The summed E-state index contributed by atoms with van der Waals surface area (Å²) < 4.78 is 7.87. The maximum atomic E-state index is 6.09. The fraction of sp³-hybridized carbons (Fsp3) is 0.240. The molecule has 0 amide bonds. The van der Waals surface area contributed by atoms with Gasteiger partial charge >= 0.3 is 0 Å². The lowest BCUT2D eigenvalue weighted by molar-refractivity contribution is 0.302. The molecule has 164 valence electrons. The second-order valence-electron chi connectivity index (χ2n) is 7.47. The van der Waals surface area contributed by atoms with Crippen LogP contribution in [-0.2, 0) is 13.2 Å². The van der Waals surface area contributed by atoms with Crippen LogP contribution in [-0.4, -0.2) is 32.5 Å². The molecule has 1 aromatic heterocycles. The summed E-state index contributed by atoms with van der Waals surface area (Å²) >= 11 is 1.67. The number of tetrazole rings is 1. The number of benzene rings is 3. The Morgan fingerprint density at radius 3 is 2.69 bits per heavy atom. The van der Waals surface area contributed by atoms with Gasteiger partial charge in [-0.3, -0.25) is 0 Å². The molecule has 0 saturated carbocycles. The molecule has 3 aromatic carbocycles. The van der Waals surface area contributed by atoms with E-state index < -0.39 is 0 Å². The van der Waals surface area contributed by atoms with Gasteiger partial charge in [0.1, 0.15) is 12.4 Å². The van der Waals surface area contributed by atoms with E-state index in [0.29, 0.717) is 6.61 Å². The topological polar surface area (TPSA) is 64.9 Å². The number of para-hydroxylation sites is 2.